The zero-order valence-electron chi connectivity index (χ0n) is 16.5. The molecule has 1 aromatic rings. The molecule has 1 saturated carbocycles. The third-order valence-corrected chi connectivity index (χ3v) is 4.30. The summed E-state index contributed by atoms with van der Waals surface area (Å²) in [5, 5.41) is 9.14. The van der Waals surface area contributed by atoms with Gasteiger partial charge in [0.1, 0.15) is 0 Å². The Morgan fingerprint density at radius 3 is 2.38 bits per heavy atom. The molecule has 29 heavy (non-hydrogen) atoms. The standard InChI is InChI=1S/C19H27F3N4O2.HI/c1-3-23-17(24-11-13-5-9-15(10-6-13)19(20,21)22)25-12-16(14-7-8-14)26-18(27)28-4-2;/h5-6,9-10,14,16H,3-4,7-8,11-12H2,1-2H3,(H,26,27)(H2,23,24,25);1H. The van der Waals surface area contributed by atoms with E-state index >= 15 is 0 Å². The third-order valence-electron chi connectivity index (χ3n) is 4.30. The van der Waals surface area contributed by atoms with Gasteiger partial charge in [0.25, 0.3) is 0 Å². The number of nitrogens with zero attached hydrogens (tertiary/aromatic N) is 1. The van der Waals surface area contributed by atoms with Crippen molar-refractivity contribution in [1.29, 1.82) is 0 Å². The first-order valence-electron chi connectivity index (χ1n) is 9.45. The van der Waals surface area contributed by atoms with Crippen LogP contribution in [0.3, 0.4) is 0 Å². The van der Waals surface area contributed by atoms with Crippen LogP contribution in [0.1, 0.15) is 37.8 Å². The Balaban J connectivity index is 0.00000420. The van der Waals surface area contributed by atoms with Crippen LogP contribution >= 0.6 is 24.0 Å². The molecule has 3 N–H and O–H groups in total. The van der Waals surface area contributed by atoms with Crippen molar-refractivity contribution in [2.45, 2.75) is 45.5 Å². The Morgan fingerprint density at radius 1 is 1.21 bits per heavy atom. The Labute approximate surface area is 186 Å². The lowest BCUT2D eigenvalue weighted by Crippen LogP contribution is -2.48. The van der Waals surface area contributed by atoms with Gasteiger partial charge in [0, 0.05) is 13.1 Å². The van der Waals surface area contributed by atoms with Crippen LogP contribution in [0.4, 0.5) is 18.0 Å². The van der Waals surface area contributed by atoms with E-state index in [9.17, 15) is 18.0 Å². The van der Waals surface area contributed by atoms with E-state index in [2.05, 4.69) is 20.9 Å². The van der Waals surface area contributed by atoms with Gasteiger partial charge in [-0.05, 0) is 50.3 Å². The number of benzene rings is 1. The summed E-state index contributed by atoms with van der Waals surface area (Å²) in [5.41, 5.74) is -0.00355. The fraction of sp³-hybridized carbons (Fsp3) is 0.579. The van der Waals surface area contributed by atoms with Crippen LogP contribution in [-0.4, -0.2) is 37.8 Å². The van der Waals surface area contributed by atoms with E-state index in [4.69, 9.17) is 4.74 Å². The maximum absolute atomic E-state index is 12.6. The molecule has 0 aromatic heterocycles. The van der Waals surface area contributed by atoms with Gasteiger partial charge in [0.15, 0.2) is 5.96 Å². The van der Waals surface area contributed by atoms with Gasteiger partial charge < -0.3 is 20.7 Å². The third kappa shape index (κ3) is 9.09. The molecule has 1 atom stereocenters. The fourth-order valence-electron chi connectivity index (χ4n) is 2.68. The molecular formula is C19H28F3IN4O2. The van der Waals surface area contributed by atoms with Crippen LogP contribution in [0.5, 0.6) is 0 Å². The largest absolute Gasteiger partial charge is 0.450 e. The molecule has 0 spiro atoms. The predicted octanol–water partition coefficient (Wildman–Crippen LogP) is 3.90. The number of guanidine groups is 1. The number of ether oxygens (including phenoxy) is 1. The number of carbonyl (C=O) groups excluding carboxylic acids is 1. The highest BCUT2D eigenvalue weighted by atomic mass is 127. The number of hydrogen-bond acceptors (Lipinski definition) is 3. The van der Waals surface area contributed by atoms with E-state index in [1.165, 1.54) is 12.1 Å². The molecule has 1 fully saturated rings. The quantitative estimate of drug-likeness (QED) is 0.272. The summed E-state index contributed by atoms with van der Waals surface area (Å²) in [5.74, 6) is 0.952. The highest BCUT2D eigenvalue weighted by molar-refractivity contribution is 14.0. The number of alkyl halides is 3. The molecule has 1 amide bonds. The molecule has 164 valence electrons. The maximum atomic E-state index is 12.6. The first-order chi connectivity index (χ1) is 13.3. The van der Waals surface area contributed by atoms with Crippen molar-refractivity contribution < 1.29 is 22.7 Å². The highest BCUT2D eigenvalue weighted by Crippen LogP contribution is 2.32. The molecule has 0 radical (unpaired) electrons. The van der Waals surface area contributed by atoms with Gasteiger partial charge in [0.2, 0.25) is 0 Å². The summed E-state index contributed by atoms with van der Waals surface area (Å²) in [6.45, 7) is 5.35. The zero-order valence-corrected chi connectivity index (χ0v) is 18.8. The number of aliphatic imine (C=N–C) groups is 1. The molecule has 6 nitrogen and oxygen atoms in total. The highest BCUT2D eigenvalue weighted by Gasteiger charge is 2.32. The molecule has 0 aliphatic heterocycles. The number of carbonyl (C=O) groups is 1. The zero-order chi connectivity index (χ0) is 20.6. The molecule has 1 aliphatic rings. The second-order valence-corrected chi connectivity index (χ2v) is 6.58. The number of hydrogen-bond donors (Lipinski definition) is 3. The fourth-order valence-corrected chi connectivity index (χ4v) is 2.68. The van der Waals surface area contributed by atoms with Crippen molar-refractivity contribution in [3.63, 3.8) is 0 Å². The normalized spacial score (nSPS) is 15.1. The Kier molecular flexibility index (Phi) is 10.5. The lowest BCUT2D eigenvalue weighted by Gasteiger charge is -2.20. The van der Waals surface area contributed by atoms with Gasteiger partial charge in [-0.1, -0.05) is 12.1 Å². The minimum absolute atomic E-state index is 0. The molecule has 2 rings (SSSR count). The first-order valence-corrected chi connectivity index (χ1v) is 9.45. The number of rotatable bonds is 8. The number of nitrogens with one attached hydrogen (secondary N) is 3. The SMILES string of the molecule is CCNC(=NCc1ccc(C(F)(F)F)cc1)NCC(NC(=O)OCC)C1CC1.I. The van der Waals surface area contributed by atoms with Crippen LogP contribution in [0.25, 0.3) is 0 Å². The van der Waals surface area contributed by atoms with Gasteiger partial charge in [-0.15, -0.1) is 24.0 Å². The van der Waals surface area contributed by atoms with Crippen LogP contribution in [-0.2, 0) is 17.5 Å². The molecule has 0 bridgehead atoms. The van der Waals surface area contributed by atoms with Crippen molar-refractivity contribution in [3.05, 3.63) is 35.4 Å². The van der Waals surface area contributed by atoms with Crippen molar-refractivity contribution in [3.8, 4) is 0 Å². The molecule has 1 aliphatic carbocycles. The lowest BCUT2D eigenvalue weighted by molar-refractivity contribution is -0.137. The van der Waals surface area contributed by atoms with E-state index in [1.807, 2.05) is 6.92 Å². The predicted molar refractivity (Wildman–Crippen MR) is 116 cm³/mol. The summed E-state index contributed by atoms with van der Waals surface area (Å²) >= 11 is 0. The van der Waals surface area contributed by atoms with Gasteiger partial charge in [-0.2, -0.15) is 13.2 Å². The monoisotopic (exact) mass is 528 g/mol. The van der Waals surface area contributed by atoms with Gasteiger partial charge in [-0.3, -0.25) is 0 Å². The minimum atomic E-state index is -4.35. The van der Waals surface area contributed by atoms with Crippen molar-refractivity contribution >= 4 is 36.0 Å². The minimum Gasteiger partial charge on any atom is -0.450 e. The van der Waals surface area contributed by atoms with Crippen molar-refractivity contribution in [2.75, 3.05) is 19.7 Å². The van der Waals surface area contributed by atoms with E-state index in [1.54, 1.807) is 6.92 Å². The van der Waals surface area contributed by atoms with Gasteiger partial charge >= 0.3 is 12.3 Å². The Morgan fingerprint density at radius 2 is 1.86 bits per heavy atom. The molecule has 0 saturated heterocycles. The van der Waals surface area contributed by atoms with Gasteiger partial charge in [0.05, 0.1) is 24.8 Å². The molecule has 10 heteroatoms. The van der Waals surface area contributed by atoms with E-state index < -0.39 is 17.8 Å². The van der Waals surface area contributed by atoms with Crippen molar-refractivity contribution in [1.82, 2.24) is 16.0 Å². The number of alkyl carbamates (subject to hydrolysis) is 1. The van der Waals surface area contributed by atoms with Crippen LogP contribution in [0.2, 0.25) is 0 Å². The van der Waals surface area contributed by atoms with Crippen LogP contribution in [0, 0.1) is 5.92 Å². The van der Waals surface area contributed by atoms with Crippen molar-refractivity contribution in [2.24, 2.45) is 10.9 Å². The number of amides is 1. The van der Waals surface area contributed by atoms with Crippen LogP contribution in [0.15, 0.2) is 29.3 Å². The maximum Gasteiger partial charge on any atom is 0.416 e. The van der Waals surface area contributed by atoms with E-state index in [0.717, 1.165) is 25.0 Å². The smallest absolute Gasteiger partial charge is 0.416 e. The Hall–Kier alpha value is -1.72. The average molecular weight is 528 g/mol. The first kappa shape index (κ1) is 25.3. The van der Waals surface area contributed by atoms with E-state index in [-0.39, 0.29) is 36.6 Å². The summed E-state index contributed by atoms with van der Waals surface area (Å²) in [6.07, 6.45) is -2.68. The van der Waals surface area contributed by atoms with Gasteiger partial charge in [-0.25, -0.2) is 9.79 Å². The number of halogens is 4. The summed E-state index contributed by atoms with van der Waals surface area (Å²) in [4.78, 5) is 16.1. The Bertz CT molecular complexity index is 664. The molecule has 1 unspecified atom stereocenters. The summed E-state index contributed by atoms with van der Waals surface area (Å²) < 4.78 is 42.8. The second-order valence-electron chi connectivity index (χ2n) is 6.58. The summed E-state index contributed by atoms with van der Waals surface area (Å²) in [7, 11) is 0. The summed E-state index contributed by atoms with van der Waals surface area (Å²) in [6, 6.07) is 4.89. The molecular weight excluding hydrogens is 500 g/mol. The van der Waals surface area contributed by atoms with E-state index in [0.29, 0.717) is 37.1 Å². The molecule has 0 heterocycles. The average Bonchev–Trinajstić information content (AvgIpc) is 3.48. The van der Waals surface area contributed by atoms with Crippen LogP contribution < -0.4 is 16.0 Å². The lowest BCUT2D eigenvalue weighted by atomic mass is 10.1. The molecule has 1 aromatic carbocycles. The topological polar surface area (TPSA) is 74.8 Å². The second kappa shape index (κ2) is 12.1.